The monoisotopic (exact) mass is 288 g/mol. The third kappa shape index (κ3) is 6.98. The molecule has 0 spiro atoms. The molecular formula is C17H25BO3. The smallest absolute Gasteiger partial charge is 0.488 e. The molecule has 0 radical (unpaired) electrons. The van der Waals surface area contributed by atoms with Gasteiger partial charge in [0.2, 0.25) is 0 Å². The Morgan fingerprint density at radius 3 is 1.90 bits per heavy atom. The highest BCUT2D eigenvalue weighted by atomic mass is 16.5. The van der Waals surface area contributed by atoms with Crippen LogP contribution in [-0.2, 0) is 6.61 Å². The Kier molecular flexibility index (Phi) is 11.0. The topological polar surface area (TPSA) is 49.7 Å². The molecule has 0 aromatic heterocycles. The zero-order valence-electron chi connectivity index (χ0n) is 13.3. The lowest BCUT2D eigenvalue weighted by Crippen LogP contribution is -2.33. The zero-order chi connectivity index (χ0) is 16.1. The molecule has 0 atom stereocenters. The number of benzene rings is 2. The van der Waals surface area contributed by atoms with Crippen molar-refractivity contribution in [2.45, 2.75) is 34.3 Å². The predicted octanol–water partition coefficient (Wildman–Crippen LogP) is 3.00. The first-order valence-electron chi connectivity index (χ1n) is 7.39. The van der Waals surface area contributed by atoms with Gasteiger partial charge in [-0.15, -0.1) is 0 Å². The lowest BCUT2D eigenvalue weighted by molar-refractivity contribution is 0.306. The summed E-state index contributed by atoms with van der Waals surface area (Å²) in [4.78, 5) is 0. The molecule has 2 rings (SSSR count). The van der Waals surface area contributed by atoms with E-state index in [4.69, 9.17) is 4.74 Å². The second kappa shape index (κ2) is 12.0. The molecule has 0 aliphatic heterocycles. The van der Waals surface area contributed by atoms with Crippen LogP contribution < -0.4 is 10.2 Å². The van der Waals surface area contributed by atoms with E-state index in [1.54, 1.807) is 12.1 Å². The van der Waals surface area contributed by atoms with Crippen LogP contribution in [0.5, 0.6) is 5.75 Å². The van der Waals surface area contributed by atoms with Gasteiger partial charge < -0.3 is 14.8 Å². The third-order valence-corrected chi connectivity index (χ3v) is 2.47. The van der Waals surface area contributed by atoms with Gasteiger partial charge in [0, 0.05) is 0 Å². The molecular weight excluding hydrogens is 263 g/mol. The maximum Gasteiger partial charge on any atom is 0.488 e. The number of para-hydroxylation sites is 1. The summed E-state index contributed by atoms with van der Waals surface area (Å²) in [6, 6.07) is 16.5. The number of hydrogen-bond donors (Lipinski definition) is 2. The van der Waals surface area contributed by atoms with Crippen molar-refractivity contribution in [1.29, 1.82) is 0 Å². The van der Waals surface area contributed by atoms with E-state index in [-0.39, 0.29) is 0 Å². The molecule has 0 saturated carbocycles. The first-order chi connectivity index (χ1) is 10.3. The maximum absolute atomic E-state index is 9.20. The largest absolute Gasteiger partial charge is 0.489 e. The van der Waals surface area contributed by atoms with E-state index >= 15 is 0 Å². The second-order valence-corrected chi connectivity index (χ2v) is 3.67. The highest BCUT2D eigenvalue weighted by molar-refractivity contribution is 6.59. The molecule has 0 aliphatic rings. The van der Waals surface area contributed by atoms with Gasteiger partial charge in [-0.2, -0.15) is 0 Å². The summed E-state index contributed by atoms with van der Waals surface area (Å²) in [6.07, 6.45) is 0. The van der Waals surface area contributed by atoms with Crippen LogP contribution in [0.2, 0.25) is 0 Å². The first-order valence-corrected chi connectivity index (χ1v) is 7.39. The fraction of sp³-hybridized carbons (Fsp3) is 0.294. The van der Waals surface area contributed by atoms with Crippen molar-refractivity contribution in [3.05, 3.63) is 60.2 Å². The zero-order valence-corrected chi connectivity index (χ0v) is 13.3. The van der Waals surface area contributed by atoms with Crippen molar-refractivity contribution < 1.29 is 14.8 Å². The van der Waals surface area contributed by atoms with Gasteiger partial charge in [-0.05, 0) is 23.2 Å². The van der Waals surface area contributed by atoms with Crippen molar-refractivity contribution in [3.8, 4) is 5.75 Å². The molecule has 0 aliphatic carbocycles. The van der Waals surface area contributed by atoms with E-state index in [2.05, 4.69) is 0 Å². The number of rotatable bonds is 4. The minimum Gasteiger partial charge on any atom is -0.489 e. The van der Waals surface area contributed by atoms with Gasteiger partial charge in [-0.1, -0.05) is 70.2 Å². The van der Waals surface area contributed by atoms with Gasteiger partial charge in [0.15, 0.2) is 0 Å². The summed E-state index contributed by atoms with van der Waals surface area (Å²) < 4.78 is 5.56. The maximum atomic E-state index is 9.20. The standard InChI is InChI=1S/C13H13BO3.2C2H6/c15-14(16)13-9-5-4-6-11(13)10-17-12-7-2-1-3-8-12;2*1-2/h1-9,15-16H,10H2;2*1-2H3. The fourth-order valence-electron chi connectivity index (χ4n) is 1.60. The van der Waals surface area contributed by atoms with Crippen LogP contribution in [-0.4, -0.2) is 17.2 Å². The normalized spacial score (nSPS) is 8.67. The van der Waals surface area contributed by atoms with Gasteiger partial charge in [0.1, 0.15) is 12.4 Å². The highest BCUT2D eigenvalue weighted by Crippen LogP contribution is 2.10. The molecule has 0 bridgehead atoms. The van der Waals surface area contributed by atoms with E-state index in [0.29, 0.717) is 12.1 Å². The summed E-state index contributed by atoms with van der Waals surface area (Å²) in [5.41, 5.74) is 1.25. The lowest BCUT2D eigenvalue weighted by atomic mass is 9.77. The molecule has 3 nitrogen and oxygen atoms in total. The first kappa shape index (κ1) is 19.2. The molecule has 0 unspecified atom stereocenters. The molecule has 4 heteroatoms. The Morgan fingerprint density at radius 1 is 0.810 bits per heavy atom. The summed E-state index contributed by atoms with van der Waals surface area (Å²) in [7, 11) is -1.47. The van der Waals surface area contributed by atoms with Crippen LogP contribution in [0.1, 0.15) is 33.3 Å². The highest BCUT2D eigenvalue weighted by Gasteiger charge is 2.15. The van der Waals surface area contributed by atoms with E-state index in [1.165, 1.54) is 0 Å². The molecule has 114 valence electrons. The van der Waals surface area contributed by atoms with Gasteiger partial charge in [-0.3, -0.25) is 0 Å². The van der Waals surface area contributed by atoms with Gasteiger partial charge in [-0.25, -0.2) is 0 Å². The van der Waals surface area contributed by atoms with E-state index in [9.17, 15) is 10.0 Å². The summed E-state index contributed by atoms with van der Waals surface area (Å²) in [6.45, 7) is 8.32. The molecule has 0 saturated heterocycles. The Labute approximate surface area is 128 Å². The second-order valence-electron chi connectivity index (χ2n) is 3.67. The Morgan fingerprint density at radius 2 is 1.33 bits per heavy atom. The van der Waals surface area contributed by atoms with Crippen molar-refractivity contribution in [2.24, 2.45) is 0 Å². The van der Waals surface area contributed by atoms with Crippen molar-refractivity contribution in [2.75, 3.05) is 0 Å². The van der Waals surface area contributed by atoms with Crippen LogP contribution >= 0.6 is 0 Å². The van der Waals surface area contributed by atoms with E-state index in [0.717, 1.165) is 11.3 Å². The van der Waals surface area contributed by atoms with Crippen LogP contribution in [0.25, 0.3) is 0 Å². The summed E-state index contributed by atoms with van der Waals surface area (Å²) >= 11 is 0. The van der Waals surface area contributed by atoms with Gasteiger partial charge >= 0.3 is 7.12 Å². The summed E-state index contributed by atoms with van der Waals surface area (Å²) in [5, 5.41) is 18.4. The number of hydrogen-bond acceptors (Lipinski definition) is 3. The van der Waals surface area contributed by atoms with Gasteiger partial charge in [0.25, 0.3) is 0 Å². The van der Waals surface area contributed by atoms with Crippen LogP contribution in [0.15, 0.2) is 54.6 Å². The van der Waals surface area contributed by atoms with Crippen molar-refractivity contribution in [3.63, 3.8) is 0 Å². The minimum absolute atomic E-state index is 0.317. The molecule has 0 fully saturated rings. The molecule has 0 heterocycles. The van der Waals surface area contributed by atoms with E-state index in [1.807, 2.05) is 70.2 Å². The number of ether oxygens (including phenoxy) is 1. The molecule has 2 aromatic rings. The van der Waals surface area contributed by atoms with Crippen molar-refractivity contribution >= 4 is 12.6 Å². The molecule has 2 aromatic carbocycles. The molecule has 21 heavy (non-hydrogen) atoms. The average molecular weight is 288 g/mol. The summed E-state index contributed by atoms with van der Waals surface area (Å²) in [5.74, 6) is 0.759. The molecule has 0 amide bonds. The Bertz CT molecular complexity index is 472. The minimum atomic E-state index is -1.47. The van der Waals surface area contributed by atoms with Crippen molar-refractivity contribution in [1.82, 2.24) is 0 Å². The Balaban J connectivity index is 0.000000921. The fourth-order valence-corrected chi connectivity index (χ4v) is 1.60. The van der Waals surface area contributed by atoms with Crippen LogP contribution in [0.3, 0.4) is 0 Å². The Hall–Kier alpha value is -1.78. The average Bonchev–Trinajstić information content (AvgIpc) is 2.58. The van der Waals surface area contributed by atoms with E-state index < -0.39 is 7.12 Å². The predicted molar refractivity (Wildman–Crippen MR) is 89.7 cm³/mol. The quantitative estimate of drug-likeness (QED) is 0.850. The lowest BCUT2D eigenvalue weighted by Gasteiger charge is -2.10. The molecule has 2 N–H and O–H groups in total. The van der Waals surface area contributed by atoms with Gasteiger partial charge in [0.05, 0.1) is 0 Å². The SMILES string of the molecule is CC.CC.OB(O)c1ccccc1COc1ccccc1. The third-order valence-electron chi connectivity index (χ3n) is 2.47. The van der Waals surface area contributed by atoms with Crippen LogP contribution in [0, 0.1) is 0 Å². The van der Waals surface area contributed by atoms with Crippen LogP contribution in [0.4, 0.5) is 0 Å².